The lowest BCUT2D eigenvalue weighted by Gasteiger charge is -2.32. The molecule has 3 aromatic rings. The summed E-state index contributed by atoms with van der Waals surface area (Å²) in [6.45, 7) is 8.63. The summed E-state index contributed by atoms with van der Waals surface area (Å²) in [5.74, 6) is 1.02. The van der Waals surface area contributed by atoms with Crippen molar-refractivity contribution in [2.24, 2.45) is 0 Å². The molecule has 0 bridgehead atoms. The lowest BCUT2D eigenvalue weighted by Crippen LogP contribution is -2.41. The van der Waals surface area contributed by atoms with Gasteiger partial charge in [-0.25, -0.2) is 4.79 Å². The zero-order valence-electron chi connectivity index (χ0n) is 19.2. The predicted molar refractivity (Wildman–Crippen MR) is 128 cm³/mol. The van der Waals surface area contributed by atoms with Crippen molar-refractivity contribution in [2.45, 2.75) is 51.8 Å². The first-order chi connectivity index (χ1) is 15.6. The molecule has 8 nitrogen and oxygen atoms in total. The van der Waals surface area contributed by atoms with Crippen LogP contribution in [0.5, 0.6) is 5.75 Å². The molecule has 1 aliphatic heterocycles. The fraction of sp³-hybridized carbons (Fsp3) is 0.333. The molecule has 0 aliphatic carbocycles. The molecule has 2 heterocycles. The van der Waals surface area contributed by atoms with E-state index in [-0.39, 0.29) is 18.3 Å². The SMILES string of the molecule is CC1(C)OB(Cc2cccc(COc3ccc(Nc4cc(=O)[nH]c(=O)[nH]4)cc3)c2)OC1(C)C. The zero-order chi connectivity index (χ0) is 23.6. The van der Waals surface area contributed by atoms with E-state index in [1.807, 2.05) is 36.4 Å². The highest BCUT2D eigenvalue weighted by atomic mass is 16.7. The van der Waals surface area contributed by atoms with Crippen LogP contribution in [0.3, 0.4) is 0 Å². The van der Waals surface area contributed by atoms with E-state index in [0.717, 1.165) is 11.1 Å². The Hall–Kier alpha value is -3.30. The number of rotatable bonds is 7. The van der Waals surface area contributed by atoms with Gasteiger partial charge in [0.2, 0.25) is 0 Å². The summed E-state index contributed by atoms with van der Waals surface area (Å²) >= 11 is 0. The average molecular weight is 449 g/mol. The van der Waals surface area contributed by atoms with Crippen molar-refractivity contribution in [3.8, 4) is 5.75 Å². The molecule has 0 spiro atoms. The molecule has 172 valence electrons. The second kappa shape index (κ2) is 8.92. The van der Waals surface area contributed by atoms with E-state index in [4.69, 9.17) is 14.0 Å². The molecule has 1 fully saturated rings. The van der Waals surface area contributed by atoms with Gasteiger partial charge in [-0.1, -0.05) is 24.3 Å². The van der Waals surface area contributed by atoms with Crippen LogP contribution in [0, 0.1) is 0 Å². The van der Waals surface area contributed by atoms with Gasteiger partial charge in [-0.05, 0) is 63.1 Å². The van der Waals surface area contributed by atoms with Crippen LogP contribution in [-0.4, -0.2) is 28.3 Å². The van der Waals surface area contributed by atoms with Crippen molar-refractivity contribution < 1.29 is 14.0 Å². The van der Waals surface area contributed by atoms with Gasteiger partial charge in [0.1, 0.15) is 18.2 Å². The first-order valence-corrected chi connectivity index (χ1v) is 10.9. The van der Waals surface area contributed by atoms with Gasteiger partial charge >= 0.3 is 12.8 Å². The maximum atomic E-state index is 11.4. The normalized spacial score (nSPS) is 16.5. The number of aromatic nitrogens is 2. The third-order valence-electron chi connectivity index (χ3n) is 6.00. The molecule has 9 heteroatoms. The van der Waals surface area contributed by atoms with Crippen molar-refractivity contribution in [3.05, 3.63) is 86.6 Å². The Morgan fingerprint density at radius 2 is 1.58 bits per heavy atom. The highest BCUT2D eigenvalue weighted by Gasteiger charge is 2.50. The van der Waals surface area contributed by atoms with Gasteiger partial charge < -0.3 is 19.4 Å². The predicted octanol–water partition coefficient (Wildman–Crippen LogP) is 3.56. The van der Waals surface area contributed by atoms with Gasteiger partial charge in [-0.2, -0.15) is 0 Å². The van der Waals surface area contributed by atoms with Crippen LogP contribution in [0.1, 0.15) is 38.8 Å². The molecule has 2 aromatic carbocycles. The molecule has 0 amide bonds. The summed E-state index contributed by atoms with van der Waals surface area (Å²) < 4.78 is 18.1. The molecular weight excluding hydrogens is 421 g/mol. The van der Waals surface area contributed by atoms with E-state index in [2.05, 4.69) is 55.1 Å². The number of H-pyrrole nitrogens is 2. The Morgan fingerprint density at radius 1 is 0.909 bits per heavy atom. The Balaban J connectivity index is 1.34. The van der Waals surface area contributed by atoms with Gasteiger partial charge in [0, 0.05) is 18.1 Å². The van der Waals surface area contributed by atoms with Crippen molar-refractivity contribution >= 4 is 18.6 Å². The second-order valence-electron chi connectivity index (χ2n) is 9.15. The first-order valence-electron chi connectivity index (χ1n) is 10.9. The highest BCUT2D eigenvalue weighted by Crippen LogP contribution is 2.37. The molecule has 4 rings (SSSR count). The van der Waals surface area contributed by atoms with Crippen LogP contribution in [0.4, 0.5) is 11.5 Å². The number of hydrogen-bond acceptors (Lipinski definition) is 6. The fourth-order valence-corrected chi connectivity index (χ4v) is 3.58. The Bertz CT molecular complexity index is 1190. The van der Waals surface area contributed by atoms with Gasteiger partial charge in [0.25, 0.3) is 5.56 Å². The number of aromatic amines is 2. The molecule has 1 saturated heterocycles. The maximum Gasteiger partial charge on any atom is 0.462 e. The average Bonchev–Trinajstić information content (AvgIpc) is 2.93. The van der Waals surface area contributed by atoms with E-state index >= 15 is 0 Å². The molecule has 1 aromatic heterocycles. The van der Waals surface area contributed by atoms with Crippen molar-refractivity contribution in [3.63, 3.8) is 0 Å². The summed E-state index contributed by atoms with van der Waals surface area (Å²) in [6.07, 6.45) is 0.672. The molecule has 0 saturated carbocycles. The summed E-state index contributed by atoms with van der Waals surface area (Å²) in [5, 5.41) is 2.98. The van der Waals surface area contributed by atoms with Crippen LogP contribution < -0.4 is 21.3 Å². The smallest absolute Gasteiger partial charge is 0.462 e. The van der Waals surface area contributed by atoms with Gasteiger partial charge in [0.05, 0.1) is 11.2 Å². The van der Waals surface area contributed by atoms with Crippen LogP contribution in [0.2, 0.25) is 0 Å². The van der Waals surface area contributed by atoms with Crippen molar-refractivity contribution in [1.29, 1.82) is 0 Å². The summed E-state index contributed by atoms with van der Waals surface area (Å²) in [7, 11) is -0.277. The third-order valence-corrected chi connectivity index (χ3v) is 6.00. The maximum absolute atomic E-state index is 11.4. The molecule has 0 radical (unpaired) electrons. The summed E-state index contributed by atoms with van der Waals surface area (Å²) in [4.78, 5) is 27.4. The first kappa shape index (κ1) is 22.9. The Kier molecular flexibility index (Phi) is 6.18. The molecule has 33 heavy (non-hydrogen) atoms. The van der Waals surface area contributed by atoms with Crippen LogP contribution >= 0.6 is 0 Å². The Labute approximate surface area is 192 Å². The van der Waals surface area contributed by atoms with E-state index < -0.39 is 11.2 Å². The minimum atomic E-state index is -0.564. The molecule has 3 N–H and O–H groups in total. The third kappa shape index (κ3) is 5.56. The minimum Gasteiger partial charge on any atom is -0.489 e. The topological polar surface area (TPSA) is 105 Å². The van der Waals surface area contributed by atoms with E-state index in [1.165, 1.54) is 6.07 Å². The lowest BCUT2D eigenvalue weighted by molar-refractivity contribution is 0.00578. The van der Waals surface area contributed by atoms with Crippen LogP contribution in [0.15, 0.2) is 64.2 Å². The second-order valence-corrected chi connectivity index (χ2v) is 9.15. The number of nitrogens with one attached hydrogen (secondary N) is 3. The molecule has 0 atom stereocenters. The number of hydrogen-bond donors (Lipinski definition) is 3. The summed E-state index contributed by atoms with van der Waals surface area (Å²) in [5.41, 5.74) is 1.17. The lowest BCUT2D eigenvalue weighted by atomic mass is 9.80. The van der Waals surface area contributed by atoms with E-state index in [0.29, 0.717) is 30.2 Å². The van der Waals surface area contributed by atoms with Gasteiger partial charge in [0.15, 0.2) is 0 Å². The zero-order valence-corrected chi connectivity index (χ0v) is 19.2. The van der Waals surface area contributed by atoms with Gasteiger partial charge in [-0.15, -0.1) is 0 Å². The monoisotopic (exact) mass is 449 g/mol. The number of ether oxygens (including phenoxy) is 1. The van der Waals surface area contributed by atoms with E-state index in [9.17, 15) is 9.59 Å². The van der Waals surface area contributed by atoms with Crippen molar-refractivity contribution in [1.82, 2.24) is 9.97 Å². The molecule has 0 unspecified atom stereocenters. The largest absolute Gasteiger partial charge is 0.489 e. The molecular formula is C24H28BN3O5. The van der Waals surface area contributed by atoms with E-state index in [1.54, 1.807) is 0 Å². The summed E-state index contributed by atoms with van der Waals surface area (Å²) in [6, 6.07) is 16.7. The quantitative estimate of drug-likeness (QED) is 0.477. The number of anilines is 2. The van der Waals surface area contributed by atoms with Crippen LogP contribution in [0.25, 0.3) is 0 Å². The highest BCUT2D eigenvalue weighted by molar-refractivity contribution is 6.45. The van der Waals surface area contributed by atoms with Crippen LogP contribution in [-0.2, 0) is 22.2 Å². The minimum absolute atomic E-state index is 0.277. The number of benzene rings is 2. The van der Waals surface area contributed by atoms with Crippen molar-refractivity contribution in [2.75, 3.05) is 5.32 Å². The Morgan fingerprint density at radius 3 is 2.24 bits per heavy atom. The van der Waals surface area contributed by atoms with Gasteiger partial charge in [-0.3, -0.25) is 14.8 Å². The fourth-order valence-electron chi connectivity index (χ4n) is 3.58. The standard InChI is InChI=1S/C24H28BN3O5/c1-23(2)24(3,4)33-25(32-23)14-16-6-5-7-17(12-16)15-31-19-10-8-18(9-11-19)26-20-13-21(29)28-22(30)27-20/h5-13H,14-15H2,1-4H3,(H3,26,27,28,29,30). The molecule has 1 aliphatic rings.